The molecule has 2 fully saturated rings. The van der Waals surface area contributed by atoms with Gasteiger partial charge >= 0.3 is 0 Å². The molecule has 0 spiro atoms. The van der Waals surface area contributed by atoms with Crippen LogP contribution in [0.5, 0.6) is 0 Å². The van der Waals surface area contributed by atoms with Crippen molar-refractivity contribution in [2.75, 3.05) is 19.8 Å². The van der Waals surface area contributed by atoms with Crippen molar-refractivity contribution in [1.82, 2.24) is 0 Å². The molecule has 0 bridgehead atoms. The monoisotopic (exact) mass is 247 g/mol. The summed E-state index contributed by atoms with van der Waals surface area (Å²) in [6, 6.07) is 0. The molecule has 0 atom stereocenters. The van der Waals surface area contributed by atoms with E-state index < -0.39 is 5.92 Å². The van der Waals surface area contributed by atoms with Crippen LogP contribution in [-0.2, 0) is 4.74 Å². The van der Waals surface area contributed by atoms with Crippen LogP contribution in [0.2, 0.25) is 0 Å². The SMILES string of the molecule is CC1(C2(CN)CCC(F)(F)CC2)CCOCC1. The van der Waals surface area contributed by atoms with Gasteiger partial charge < -0.3 is 10.5 Å². The van der Waals surface area contributed by atoms with Gasteiger partial charge in [0.1, 0.15) is 0 Å². The van der Waals surface area contributed by atoms with E-state index in [9.17, 15) is 8.78 Å². The molecule has 1 saturated heterocycles. The highest BCUT2D eigenvalue weighted by Gasteiger charge is 2.52. The first-order chi connectivity index (χ1) is 7.93. The van der Waals surface area contributed by atoms with Crippen LogP contribution in [0.15, 0.2) is 0 Å². The zero-order valence-corrected chi connectivity index (χ0v) is 10.6. The normalized spacial score (nSPS) is 31.1. The Labute approximate surface area is 102 Å². The molecule has 0 aromatic heterocycles. The molecular formula is C13H23F2NO. The minimum atomic E-state index is -2.47. The second-order valence-electron chi connectivity index (χ2n) is 6.01. The molecule has 0 aromatic rings. The quantitative estimate of drug-likeness (QED) is 0.814. The van der Waals surface area contributed by atoms with E-state index in [1.54, 1.807) is 0 Å². The van der Waals surface area contributed by atoms with Gasteiger partial charge in [0.25, 0.3) is 0 Å². The Hall–Kier alpha value is -0.220. The topological polar surface area (TPSA) is 35.2 Å². The molecule has 100 valence electrons. The molecule has 1 saturated carbocycles. The number of ether oxygens (including phenoxy) is 1. The lowest BCUT2D eigenvalue weighted by atomic mass is 9.54. The predicted molar refractivity (Wildman–Crippen MR) is 63.1 cm³/mol. The maximum absolute atomic E-state index is 13.3. The fourth-order valence-electron chi connectivity index (χ4n) is 3.50. The summed E-state index contributed by atoms with van der Waals surface area (Å²) in [6.45, 7) is 4.23. The average Bonchev–Trinajstić information content (AvgIpc) is 2.30. The minimum Gasteiger partial charge on any atom is -0.381 e. The third kappa shape index (κ3) is 2.34. The van der Waals surface area contributed by atoms with Crippen molar-refractivity contribution in [3.05, 3.63) is 0 Å². The van der Waals surface area contributed by atoms with E-state index >= 15 is 0 Å². The lowest BCUT2D eigenvalue weighted by Crippen LogP contribution is -2.51. The van der Waals surface area contributed by atoms with Crippen molar-refractivity contribution in [2.45, 2.75) is 51.4 Å². The van der Waals surface area contributed by atoms with E-state index in [-0.39, 0.29) is 23.7 Å². The van der Waals surface area contributed by atoms with Gasteiger partial charge in [-0.05, 0) is 43.1 Å². The van der Waals surface area contributed by atoms with Crippen LogP contribution in [0, 0.1) is 10.8 Å². The molecule has 17 heavy (non-hydrogen) atoms. The van der Waals surface area contributed by atoms with Crippen molar-refractivity contribution < 1.29 is 13.5 Å². The largest absolute Gasteiger partial charge is 0.381 e. The smallest absolute Gasteiger partial charge is 0.248 e. The first-order valence-electron chi connectivity index (χ1n) is 6.59. The van der Waals surface area contributed by atoms with Crippen molar-refractivity contribution in [3.8, 4) is 0 Å². The molecule has 0 amide bonds. The summed E-state index contributed by atoms with van der Waals surface area (Å²) in [4.78, 5) is 0. The zero-order valence-electron chi connectivity index (χ0n) is 10.6. The lowest BCUT2D eigenvalue weighted by Gasteiger charge is -2.53. The maximum atomic E-state index is 13.3. The summed E-state index contributed by atoms with van der Waals surface area (Å²) in [5.74, 6) is -2.47. The van der Waals surface area contributed by atoms with Gasteiger partial charge in [0, 0.05) is 26.1 Å². The summed E-state index contributed by atoms with van der Waals surface area (Å²) in [6.07, 6.45) is 3.03. The number of alkyl halides is 2. The highest BCUT2D eigenvalue weighted by molar-refractivity contribution is 5.01. The van der Waals surface area contributed by atoms with Crippen LogP contribution in [0.4, 0.5) is 8.78 Å². The Morgan fingerprint density at radius 2 is 1.53 bits per heavy atom. The molecule has 2 aliphatic rings. The van der Waals surface area contributed by atoms with Gasteiger partial charge in [-0.15, -0.1) is 0 Å². The lowest BCUT2D eigenvalue weighted by molar-refractivity contribution is -0.124. The number of nitrogens with two attached hydrogens (primary N) is 1. The van der Waals surface area contributed by atoms with Gasteiger partial charge in [-0.1, -0.05) is 6.92 Å². The third-order valence-electron chi connectivity index (χ3n) is 5.21. The Balaban J connectivity index is 2.14. The van der Waals surface area contributed by atoms with E-state index in [2.05, 4.69) is 6.92 Å². The van der Waals surface area contributed by atoms with Crippen LogP contribution in [0.1, 0.15) is 45.4 Å². The Kier molecular flexibility index (Phi) is 3.47. The van der Waals surface area contributed by atoms with Crippen LogP contribution in [0.3, 0.4) is 0 Å². The van der Waals surface area contributed by atoms with Crippen molar-refractivity contribution in [3.63, 3.8) is 0 Å². The summed E-state index contributed by atoms with van der Waals surface area (Å²) >= 11 is 0. The summed E-state index contributed by atoms with van der Waals surface area (Å²) in [5, 5.41) is 0. The average molecular weight is 247 g/mol. The number of hydrogen-bond acceptors (Lipinski definition) is 2. The standard InChI is InChI=1S/C13H23F2NO/c1-11(6-8-17-9-7-11)12(10-16)2-4-13(14,15)5-3-12/h2-10,16H2,1H3. The Bertz CT molecular complexity index is 265. The van der Waals surface area contributed by atoms with Gasteiger partial charge in [0.05, 0.1) is 0 Å². The number of rotatable bonds is 2. The van der Waals surface area contributed by atoms with Crippen LogP contribution < -0.4 is 5.73 Å². The second-order valence-corrected chi connectivity index (χ2v) is 6.01. The van der Waals surface area contributed by atoms with Crippen LogP contribution in [-0.4, -0.2) is 25.7 Å². The maximum Gasteiger partial charge on any atom is 0.248 e. The van der Waals surface area contributed by atoms with Crippen LogP contribution in [0.25, 0.3) is 0 Å². The Morgan fingerprint density at radius 3 is 2.00 bits per heavy atom. The predicted octanol–water partition coefficient (Wildman–Crippen LogP) is 2.96. The van der Waals surface area contributed by atoms with E-state index in [1.165, 1.54) is 0 Å². The number of halogens is 2. The summed E-state index contributed by atoms with van der Waals surface area (Å²) < 4.78 is 32.0. The molecule has 1 heterocycles. The van der Waals surface area contributed by atoms with Crippen molar-refractivity contribution in [1.29, 1.82) is 0 Å². The fourth-order valence-corrected chi connectivity index (χ4v) is 3.50. The van der Waals surface area contributed by atoms with Crippen molar-refractivity contribution >= 4 is 0 Å². The zero-order chi connectivity index (χ0) is 12.6. The highest BCUT2D eigenvalue weighted by Crippen LogP contribution is 2.56. The molecule has 2 rings (SSSR count). The van der Waals surface area contributed by atoms with Gasteiger partial charge in [-0.2, -0.15) is 0 Å². The Morgan fingerprint density at radius 1 is 1.00 bits per heavy atom. The molecule has 2 nitrogen and oxygen atoms in total. The second kappa shape index (κ2) is 4.47. The van der Waals surface area contributed by atoms with Crippen LogP contribution >= 0.6 is 0 Å². The molecule has 1 aliphatic heterocycles. The molecule has 4 heteroatoms. The molecule has 0 unspecified atom stereocenters. The van der Waals surface area contributed by atoms with E-state index in [1.807, 2.05) is 0 Å². The van der Waals surface area contributed by atoms with E-state index in [0.717, 1.165) is 26.1 Å². The third-order valence-corrected chi connectivity index (χ3v) is 5.21. The first-order valence-corrected chi connectivity index (χ1v) is 6.59. The molecule has 1 aliphatic carbocycles. The molecule has 0 aromatic carbocycles. The highest BCUT2D eigenvalue weighted by atomic mass is 19.3. The summed E-state index contributed by atoms with van der Waals surface area (Å²) in [7, 11) is 0. The van der Waals surface area contributed by atoms with E-state index in [4.69, 9.17) is 10.5 Å². The van der Waals surface area contributed by atoms with Crippen molar-refractivity contribution in [2.24, 2.45) is 16.6 Å². The minimum absolute atomic E-state index is 0.000642. The molecular weight excluding hydrogens is 224 g/mol. The summed E-state index contributed by atoms with van der Waals surface area (Å²) in [5.41, 5.74) is 5.94. The fraction of sp³-hybridized carbons (Fsp3) is 1.00. The van der Waals surface area contributed by atoms with Gasteiger partial charge in [-0.3, -0.25) is 0 Å². The number of hydrogen-bond donors (Lipinski definition) is 1. The van der Waals surface area contributed by atoms with E-state index in [0.29, 0.717) is 19.4 Å². The molecule has 0 radical (unpaired) electrons. The first kappa shape index (κ1) is 13.2. The van der Waals surface area contributed by atoms with Gasteiger partial charge in [-0.25, -0.2) is 8.78 Å². The molecule has 2 N–H and O–H groups in total. The van der Waals surface area contributed by atoms with Gasteiger partial charge in [0.15, 0.2) is 0 Å². The van der Waals surface area contributed by atoms with Gasteiger partial charge in [0.2, 0.25) is 5.92 Å².